The first-order valence-corrected chi connectivity index (χ1v) is 7.52. The maximum absolute atomic E-state index is 11.8. The third-order valence-electron chi connectivity index (χ3n) is 3.14. The van der Waals surface area contributed by atoms with E-state index in [-0.39, 0.29) is 4.90 Å². The molecule has 0 spiro atoms. The molecular formula is C12H16N2O3S. The molecule has 5 nitrogen and oxygen atoms in total. The number of hydrogen-bond donors (Lipinski definition) is 1. The fourth-order valence-electron chi connectivity index (χ4n) is 2.23. The maximum atomic E-state index is 11.8. The molecule has 0 bridgehead atoms. The molecule has 0 aromatic carbocycles. The van der Waals surface area contributed by atoms with Crippen LogP contribution in [0.25, 0.3) is 0 Å². The SMILES string of the molecule is O=C(CC1CCCC1)NS(=O)(=O)c1cccnc1. The Morgan fingerprint density at radius 2 is 2.11 bits per heavy atom. The Hall–Kier alpha value is -1.43. The van der Waals surface area contributed by atoms with Crippen molar-refractivity contribution in [3.8, 4) is 0 Å². The molecule has 18 heavy (non-hydrogen) atoms. The van der Waals surface area contributed by atoms with Crippen LogP contribution in [0.5, 0.6) is 0 Å². The molecule has 1 N–H and O–H groups in total. The monoisotopic (exact) mass is 268 g/mol. The molecule has 1 fully saturated rings. The van der Waals surface area contributed by atoms with Gasteiger partial charge in [-0.05, 0) is 30.9 Å². The van der Waals surface area contributed by atoms with Crippen LogP contribution in [0.4, 0.5) is 0 Å². The zero-order valence-corrected chi connectivity index (χ0v) is 10.8. The van der Waals surface area contributed by atoms with Gasteiger partial charge in [0.25, 0.3) is 10.0 Å². The summed E-state index contributed by atoms with van der Waals surface area (Å²) in [6.07, 6.45) is 7.30. The molecule has 1 saturated carbocycles. The number of amides is 1. The Morgan fingerprint density at radius 1 is 1.39 bits per heavy atom. The lowest BCUT2D eigenvalue weighted by atomic mass is 10.0. The van der Waals surface area contributed by atoms with Gasteiger partial charge in [-0.1, -0.05) is 12.8 Å². The van der Waals surface area contributed by atoms with Gasteiger partial charge in [-0.2, -0.15) is 0 Å². The molecule has 1 aromatic heterocycles. The molecule has 1 heterocycles. The highest BCUT2D eigenvalue weighted by Crippen LogP contribution is 2.27. The second-order valence-electron chi connectivity index (χ2n) is 4.57. The maximum Gasteiger partial charge on any atom is 0.265 e. The minimum Gasteiger partial charge on any atom is -0.274 e. The number of nitrogens with one attached hydrogen (secondary N) is 1. The van der Waals surface area contributed by atoms with Gasteiger partial charge in [0.15, 0.2) is 0 Å². The lowest BCUT2D eigenvalue weighted by Gasteiger charge is -2.09. The summed E-state index contributed by atoms with van der Waals surface area (Å²) in [6.45, 7) is 0. The number of nitrogens with zero attached hydrogens (tertiary/aromatic N) is 1. The number of hydrogen-bond acceptors (Lipinski definition) is 4. The van der Waals surface area contributed by atoms with Gasteiger partial charge in [0.2, 0.25) is 5.91 Å². The number of carbonyl (C=O) groups excluding carboxylic acids is 1. The van der Waals surface area contributed by atoms with Crippen molar-refractivity contribution in [2.75, 3.05) is 0 Å². The van der Waals surface area contributed by atoms with Crippen molar-refractivity contribution in [2.45, 2.75) is 37.0 Å². The predicted molar refractivity (Wildman–Crippen MR) is 66.1 cm³/mol. The number of rotatable bonds is 4. The van der Waals surface area contributed by atoms with Crippen LogP contribution in [0.3, 0.4) is 0 Å². The first kappa shape index (κ1) is 13.0. The van der Waals surface area contributed by atoms with Gasteiger partial charge in [-0.15, -0.1) is 0 Å². The second-order valence-corrected chi connectivity index (χ2v) is 6.25. The van der Waals surface area contributed by atoms with E-state index >= 15 is 0 Å². The molecule has 1 aliphatic carbocycles. The van der Waals surface area contributed by atoms with Crippen molar-refractivity contribution in [1.29, 1.82) is 0 Å². The fraction of sp³-hybridized carbons (Fsp3) is 0.500. The summed E-state index contributed by atoms with van der Waals surface area (Å²) in [5.41, 5.74) is 0. The van der Waals surface area contributed by atoms with Crippen LogP contribution >= 0.6 is 0 Å². The van der Waals surface area contributed by atoms with E-state index in [4.69, 9.17) is 0 Å². The van der Waals surface area contributed by atoms with Gasteiger partial charge in [-0.25, -0.2) is 13.1 Å². The largest absolute Gasteiger partial charge is 0.274 e. The Kier molecular flexibility index (Phi) is 3.96. The molecule has 0 aliphatic heterocycles. The lowest BCUT2D eigenvalue weighted by Crippen LogP contribution is -2.31. The molecule has 0 atom stereocenters. The Bertz CT molecular complexity index is 507. The van der Waals surface area contributed by atoms with Crippen LogP contribution in [0.2, 0.25) is 0 Å². The minimum absolute atomic E-state index is 0.0183. The molecule has 1 amide bonds. The van der Waals surface area contributed by atoms with Gasteiger partial charge in [-0.3, -0.25) is 9.78 Å². The van der Waals surface area contributed by atoms with Gasteiger partial charge >= 0.3 is 0 Å². The standard InChI is InChI=1S/C12H16N2O3S/c15-12(8-10-4-1-2-5-10)14-18(16,17)11-6-3-7-13-9-11/h3,6-7,9-10H,1-2,4-5,8H2,(H,14,15). The normalized spacial score (nSPS) is 16.7. The van der Waals surface area contributed by atoms with Crippen LogP contribution in [0, 0.1) is 5.92 Å². The summed E-state index contributed by atoms with van der Waals surface area (Å²) in [5, 5.41) is 0. The van der Waals surface area contributed by atoms with Gasteiger partial charge < -0.3 is 0 Å². The first-order chi connectivity index (χ1) is 8.58. The molecule has 2 rings (SSSR count). The molecule has 6 heteroatoms. The van der Waals surface area contributed by atoms with Crippen LogP contribution in [-0.4, -0.2) is 19.3 Å². The second kappa shape index (κ2) is 5.48. The van der Waals surface area contributed by atoms with E-state index < -0.39 is 15.9 Å². The highest BCUT2D eigenvalue weighted by molar-refractivity contribution is 7.90. The highest BCUT2D eigenvalue weighted by Gasteiger charge is 2.22. The topological polar surface area (TPSA) is 76.1 Å². The third-order valence-corrected chi connectivity index (χ3v) is 4.50. The van der Waals surface area contributed by atoms with E-state index in [1.165, 1.54) is 24.5 Å². The summed E-state index contributed by atoms with van der Waals surface area (Å²) in [7, 11) is -3.76. The quantitative estimate of drug-likeness (QED) is 0.897. The summed E-state index contributed by atoms with van der Waals surface area (Å²) in [6, 6.07) is 2.94. The van der Waals surface area contributed by atoms with Crippen molar-refractivity contribution < 1.29 is 13.2 Å². The van der Waals surface area contributed by atoms with Crippen LogP contribution in [0.1, 0.15) is 32.1 Å². The van der Waals surface area contributed by atoms with E-state index in [0.29, 0.717) is 12.3 Å². The lowest BCUT2D eigenvalue weighted by molar-refractivity contribution is -0.120. The zero-order chi connectivity index (χ0) is 13.0. The molecule has 0 saturated heterocycles. The van der Waals surface area contributed by atoms with Crippen molar-refractivity contribution in [3.05, 3.63) is 24.5 Å². The molecule has 98 valence electrons. The molecule has 0 unspecified atom stereocenters. The minimum atomic E-state index is -3.76. The summed E-state index contributed by atoms with van der Waals surface area (Å²) in [4.78, 5) is 15.4. The highest BCUT2D eigenvalue weighted by atomic mass is 32.2. The summed E-state index contributed by atoms with van der Waals surface area (Å²) < 4.78 is 25.8. The molecule has 1 aromatic rings. The first-order valence-electron chi connectivity index (χ1n) is 6.03. The number of carbonyl (C=O) groups is 1. The third kappa shape index (κ3) is 3.29. The Balaban J connectivity index is 1.98. The molecule has 0 radical (unpaired) electrons. The average molecular weight is 268 g/mol. The van der Waals surface area contributed by atoms with Crippen molar-refractivity contribution in [2.24, 2.45) is 5.92 Å². The zero-order valence-electron chi connectivity index (χ0n) is 10.0. The van der Waals surface area contributed by atoms with E-state index in [1.54, 1.807) is 0 Å². The average Bonchev–Trinajstić information content (AvgIpc) is 2.82. The van der Waals surface area contributed by atoms with Gasteiger partial charge in [0.1, 0.15) is 4.90 Å². The molecular weight excluding hydrogens is 252 g/mol. The smallest absolute Gasteiger partial charge is 0.265 e. The summed E-state index contributed by atoms with van der Waals surface area (Å²) >= 11 is 0. The Morgan fingerprint density at radius 3 is 2.72 bits per heavy atom. The number of aromatic nitrogens is 1. The van der Waals surface area contributed by atoms with E-state index in [1.807, 2.05) is 0 Å². The predicted octanol–water partition coefficient (Wildman–Crippen LogP) is 1.47. The van der Waals surface area contributed by atoms with Gasteiger partial charge in [0.05, 0.1) is 0 Å². The van der Waals surface area contributed by atoms with Crippen molar-refractivity contribution in [1.82, 2.24) is 9.71 Å². The van der Waals surface area contributed by atoms with Crippen LogP contribution in [-0.2, 0) is 14.8 Å². The van der Waals surface area contributed by atoms with E-state index in [9.17, 15) is 13.2 Å². The van der Waals surface area contributed by atoms with Crippen molar-refractivity contribution >= 4 is 15.9 Å². The molecule has 1 aliphatic rings. The van der Waals surface area contributed by atoms with Gasteiger partial charge in [0, 0.05) is 18.8 Å². The van der Waals surface area contributed by atoms with Crippen LogP contribution in [0.15, 0.2) is 29.4 Å². The fourth-order valence-corrected chi connectivity index (χ4v) is 3.19. The van der Waals surface area contributed by atoms with E-state index in [2.05, 4.69) is 9.71 Å². The Labute approximate surface area is 107 Å². The van der Waals surface area contributed by atoms with E-state index in [0.717, 1.165) is 25.7 Å². The van der Waals surface area contributed by atoms with Crippen LogP contribution < -0.4 is 4.72 Å². The number of sulfonamides is 1. The number of pyridine rings is 1. The van der Waals surface area contributed by atoms with Crippen molar-refractivity contribution in [3.63, 3.8) is 0 Å². The summed E-state index contributed by atoms with van der Waals surface area (Å²) in [5.74, 6) is -0.0974.